The number of aryl methyl sites for hydroxylation is 2. The minimum absolute atomic E-state index is 0.200. The predicted molar refractivity (Wildman–Crippen MR) is 106 cm³/mol. The quantitative estimate of drug-likeness (QED) is 0.338. The summed E-state index contributed by atoms with van der Waals surface area (Å²) in [5.74, 6) is 0.819. The minimum Gasteiger partial charge on any atom is -0.488 e. The molecule has 0 spiro atoms. The van der Waals surface area contributed by atoms with E-state index in [1.807, 2.05) is 44.2 Å². The fourth-order valence-electron chi connectivity index (χ4n) is 2.35. The molecule has 0 bridgehead atoms. The molecule has 2 heterocycles. The van der Waals surface area contributed by atoms with Crippen LogP contribution in [0.2, 0.25) is 0 Å². The van der Waals surface area contributed by atoms with Crippen LogP contribution in [0.1, 0.15) is 17.0 Å². The van der Waals surface area contributed by atoms with E-state index in [0.717, 1.165) is 32.7 Å². The molecular weight excluding hydrogens is 416 g/mol. The molecule has 1 aromatic heterocycles. The number of carbonyl (C=O) groups is 1. The fraction of sp³-hybridized carbons (Fsp3) is 0.222. The fourth-order valence-corrected chi connectivity index (χ4v) is 3.47. The Morgan fingerprint density at radius 3 is 2.88 bits per heavy atom. The van der Waals surface area contributed by atoms with Crippen molar-refractivity contribution in [2.24, 2.45) is 5.10 Å². The second kappa shape index (κ2) is 8.46. The van der Waals surface area contributed by atoms with Crippen LogP contribution in [0.15, 0.2) is 44.6 Å². The SMILES string of the molecule is Cc1cc(C)nc(SCC(=O)N/N=C/C2=Cc3cc(Br)ccc3OC2)n1. The summed E-state index contributed by atoms with van der Waals surface area (Å²) in [7, 11) is 0. The van der Waals surface area contributed by atoms with E-state index in [2.05, 4.69) is 36.4 Å². The maximum absolute atomic E-state index is 11.9. The third-order valence-electron chi connectivity index (χ3n) is 3.42. The van der Waals surface area contributed by atoms with E-state index >= 15 is 0 Å². The first-order valence-corrected chi connectivity index (χ1v) is 9.67. The van der Waals surface area contributed by atoms with Gasteiger partial charge in [-0.05, 0) is 44.2 Å². The molecule has 1 N–H and O–H groups in total. The molecule has 6 nitrogen and oxygen atoms in total. The molecule has 1 aromatic carbocycles. The lowest BCUT2D eigenvalue weighted by Crippen LogP contribution is -2.20. The van der Waals surface area contributed by atoms with Crippen LogP contribution < -0.4 is 10.2 Å². The third kappa shape index (κ3) is 5.15. The summed E-state index contributed by atoms with van der Waals surface area (Å²) in [6, 6.07) is 7.72. The van der Waals surface area contributed by atoms with Gasteiger partial charge in [0.15, 0.2) is 5.16 Å². The summed E-state index contributed by atoms with van der Waals surface area (Å²) in [6.45, 7) is 4.22. The van der Waals surface area contributed by atoms with Crippen molar-refractivity contribution in [2.45, 2.75) is 19.0 Å². The van der Waals surface area contributed by atoms with Gasteiger partial charge in [0.2, 0.25) is 0 Å². The Kier molecular flexibility index (Phi) is 6.05. The molecule has 1 aliphatic rings. The summed E-state index contributed by atoms with van der Waals surface area (Å²) in [6.07, 6.45) is 3.58. The molecule has 1 amide bonds. The third-order valence-corrected chi connectivity index (χ3v) is 4.76. The molecule has 0 unspecified atom stereocenters. The van der Waals surface area contributed by atoms with Gasteiger partial charge in [0.05, 0.1) is 12.0 Å². The number of carbonyl (C=O) groups excluding carboxylic acids is 1. The summed E-state index contributed by atoms with van der Waals surface area (Å²) < 4.78 is 6.64. The molecule has 3 rings (SSSR count). The Hall–Kier alpha value is -2.19. The van der Waals surface area contributed by atoms with Gasteiger partial charge in [0, 0.05) is 27.0 Å². The van der Waals surface area contributed by atoms with Crippen LogP contribution in [0, 0.1) is 13.8 Å². The van der Waals surface area contributed by atoms with Crippen molar-refractivity contribution in [1.82, 2.24) is 15.4 Å². The van der Waals surface area contributed by atoms with E-state index in [1.165, 1.54) is 11.8 Å². The first-order chi connectivity index (χ1) is 12.5. The van der Waals surface area contributed by atoms with Crippen molar-refractivity contribution in [3.05, 3.63) is 51.3 Å². The number of nitrogens with one attached hydrogen (secondary N) is 1. The van der Waals surface area contributed by atoms with Crippen molar-refractivity contribution >= 4 is 45.9 Å². The van der Waals surface area contributed by atoms with Crippen LogP contribution in [0.4, 0.5) is 0 Å². The van der Waals surface area contributed by atoms with Gasteiger partial charge in [0.25, 0.3) is 5.91 Å². The molecule has 26 heavy (non-hydrogen) atoms. The standard InChI is InChI=1S/C18H17BrN4O2S/c1-11-5-12(2)22-18(21-11)26-10-17(24)23-20-8-13-6-14-7-15(19)3-4-16(14)25-9-13/h3-8H,9-10H2,1-2H3,(H,23,24)/b20-8+. The number of nitrogens with zero attached hydrogens (tertiary/aromatic N) is 3. The molecule has 0 saturated heterocycles. The molecule has 134 valence electrons. The summed E-state index contributed by atoms with van der Waals surface area (Å²) in [5, 5.41) is 4.59. The van der Waals surface area contributed by atoms with Crippen molar-refractivity contribution in [2.75, 3.05) is 12.4 Å². The average molecular weight is 433 g/mol. The lowest BCUT2D eigenvalue weighted by molar-refractivity contribution is -0.118. The number of aromatic nitrogens is 2. The molecule has 0 saturated carbocycles. The van der Waals surface area contributed by atoms with Gasteiger partial charge in [-0.25, -0.2) is 15.4 Å². The Bertz CT molecular complexity index is 879. The van der Waals surface area contributed by atoms with Gasteiger partial charge < -0.3 is 4.74 Å². The van der Waals surface area contributed by atoms with Crippen LogP contribution in [-0.2, 0) is 4.79 Å². The van der Waals surface area contributed by atoms with Gasteiger partial charge >= 0.3 is 0 Å². The monoisotopic (exact) mass is 432 g/mol. The van der Waals surface area contributed by atoms with E-state index < -0.39 is 0 Å². The number of amides is 1. The number of thioether (sulfide) groups is 1. The van der Waals surface area contributed by atoms with E-state index in [1.54, 1.807) is 6.21 Å². The van der Waals surface area contributed by atoms with Crippen LogP contribution >= 0.6 is 27.7 Å². The van der Waals surface area contributed by atoms with Crippen LogP contribution in [-0.4, -0.2) is 34.4 Å². The maximum atomic E-state index is 11.9. The van der Waals surface area contributed by atoms with Crippen LogP contribution in [0.5, 0.6) is 5.75 Å². The zero-order valence-electron chi connectivity index (χ0n) is 14.3. The summed E-state index contributed by atoms with van der Waals surface area (Å²) >= 11 is 4.72. The maximum Gasteiger partial charge on any atom is 0.250 e. The Labute approximate surface area is 164 Å². The van der Waals surface area contributed by atoms with Gasteiger partial charge in [0.1, 0.15) is 12.4 Å². The van der Waals surface area contributed by atoms with Crippen LogP contribution in [0.3, 0.4) is 0 Å². The normalized spacial score (nSPS) is 13.1. The first kappa shape index (κ1) is 18.6. The summed E-state index contributed by atoms with van der Waals surface area (Å²) in [4.78, 5) is 20.5. The number of hydrazone groups is 1. The molecule has 8 heteroatoms. The number of hydrogen-bond donors (Lipinski definition) is 1. The van der Waals surface area contributed by atoms with Gasteiger partial charge in [-0.15, -0.1) is 0 Å². The number of halogens is 1. The summed E-state index contributed by atoms with van der Waals surface area (Å²) in [5.41, 5.74) is 6.13. The second-order valence-corrected chi connectivity index (χ2v) is 7.56. The zero-order chi connectivity index (χ0) is 18.5. The predicted octanol–water partition coefficient (Wildman–Crippen LogP) is 3.53. The van der Waals surface area contributed by atoms with Crippen molar-refractivity contribution in [3.8, 4) is 5.75 Å². The number of benzene rings is 1. The average Bonchev–Trinajstić information content (AvgIpc) is 2.59. The van der Waals surface area contributed by atoms with E-state index in [4.69, 9.17) is 4.74 Å². The van der Waals surface area contributed by atoms with E-state index in [0.29, 0.717) is 11.8 Å². The second-order valence-electron chi connectivity index (χ2n) is 5.71. The molecule has 0 fully saturated rings. The van der Waals surface area contributed by atoms with Gasteiger partial charge in [-0.1, -0.05) is 27.7 Å². The Morgan fingerprint density at radius 2 is 2.12 bits per heavy atom. The molecule has 0 atom stereocenters. The lowest BCUT2D eigenvalue weighted by Gasteiger charge is -2.15. The van der Waals surface area contributed by atoms with E-state index in [9.17, 15) is 4.79 Å². The van der Waals surface area contributed by atoms with Crippen LogP contribution in [0.25, 0.3) is 6.08 Å². The molecule has 2 aromatic rings. The van der Waals surface area contributed by atoms with Crippen molar-refractivity contribution in [3.63, 3.8) is 0 Å². The number of hydrogen-bond acceptors (Lipinski definition) is 6. The topological polar surface area (TPSA) is 76.5 Å². The van der Waals surface area contributed by atoms with E-state index in [-0.39, 0.29) is 11.7 Å². The number of fused-ring (bicyclic) bond motifs is 1. The highest BCUT2D eigenvalue weighted by atomic mass is 79.9. The Balaban J connectivity index is 1.53. The highest BCUT2D eigenvalue weighted by Crippen LogP contribution is 2.28. The Morgan fingerprint density at radius 1 is 1.35 bits per heavy atom. The van der Waals surface area contributed by atoms with Gasteiger partial charge in [-0.3, -0.25) is 4.79 Å². The highest BCUT2D eigenvalue weighted by molar-refractivity contribution is 9.10. The van der Waals surface area contributed by atoms with Crippen molar-refractivity contribution < 1.29 is 9.53 Å². The molecule has 1 aliphatic heterocycles. The lowest BCUT2D eigenvalue weighted by atomic mass is 10.1. The highest BCUT2D eigenvalue weighted by Gasteiger charge is 2.10. The largest absolute Gasteiger partial charge is 0.488 e. The van der Waals surface area contributed by atoms with Gasteiger partial charge in [-0.2, -0.15) is 5.10 Å². The zero-order valence-corrected chi connectivity index (χ0v) is 16.7. The van der Waals surface area contributed by atoms with Crippen molar-refractivity contribution in [1.29, 1.82) is 0 Å². The number of rotatable bonds is 5. The molecule has 0 aliphatic carbocycles. The minimum atomic E-state index is -0.213. The smallest absolute Gasteiger partial charge is 0.250 e. The molecule has 0 radical (unpaired) electrons. The first-order valence-electron chi connectivity index (χ1n) is 7.89. The number of ether oxygens (including phenoxy) is 1. The molecular formula is C18H17BrN4O2S.